The largest absolute Gasteiger partial charge is 0.352 e. The van der Waals surface area contributed by atoms with Gasteiger partial charge in [0.15, 0.2) is 0 Å². The summed E-state index contributed by atoms with van der Waals surface area (Å²) in [5.74, 6) is 1.01. The van der Waals surface area contributed by atoms with Crippen LogP contribution in [0.15, 0.2) is 48.5 Å². The van der Waals surface area contributed by atoms with Crippen molar-refractivity contribution in [3.63, 3.8) is 0 Å². The minimum atomic E-state index is -0.504. The molecule has 1 aliphatic rings. The molecule has 0 unspecified atom stereocenters. The average Bonchev–Trinajstić information content (AvgIpc) is 2.81. The van der Waals surface area contributed by atoms with Crippen LogP contribution in [-0.4, -0.2) is 34.6 Å². The average molecular weight is 487 g/mol. The number of nitrogens with one attached hydrogen (secondary N) is 1. The van der Waals surface area contributed by atoms with Crippen LogP contribution in [0.4, 0.5) is 0 Å². The zero-order valence-corrected chi connectivity index (χ0v) is 21.3. The van der Waals surface area contributed by atoms with Crippen LogP contribution in [0.1, 0.15) is 62.1 Å². The first-order valence-electron chi connectivity index (χ1n) is 11.9. The van der Waals surface area contributed by atoms with Gasteiger partial charge in [-0.25, -0.2) is 0 Å². The molecule has 4 nitrogen and oxygen atoms in total. The molecule has 1 aliphatic carbocycles. The van der Waals surface area contributed by atoms with E-state index in [0.29, 0.717) is 23.7 Å². The van der Waals surface area contributed by atoms with Crippen LogP contribution in [0.25, 0.3) is 0 Å². The van der Waals surface area contributed by atoms with Crippen LogP contribution in [0.3, 0.4) is 0 Å². The number of hydrogen-bond donors (Lipinski definition) is 1. The number of hydrogen-bond acceptors (Lipinski definition) is 3. The molecule has 178 valence electrons. The van der Waals surface area contributed by atoms with Gasteiger partial charge >= 0.3 is 0 Å². The SMILES string of the molecule is CC[C@H](C(=O)NC1CCCCC1)N(Cc1ccccc1Cl)C(=O)CSCc1cccc(C)c1. The predicted octanol–water partition coefficient (Wildman–Crippen LogP) is 6.14. The number of aryl methyl sites for hydroxylation is 1. The molecular weight excluding hydrogens is 452 g/mol. The fourth-order valence-electron chi connectivity index (χ4n) is 4.41. The van der Waals surface area contributed by atoms with Gasteiger partial charge < -0.3 is 10.2 Å². The third-order valence-corrected chi connectivity index (χ3v) is 7.57. The summed E-state index contributed by atoms with van der Waals surface area (Å²) in [7, 11) is 0. The van der Waals surface area contributed by atoms with Crippen molar-refractivity contribution in [2.45, 2.75) is 76.8 Å². The van der Waals surface area contributed by atoms with Crippen LogP contribution < -0.4 is 5.32 Å². The third-order valence-electron chi connectivity index (χ3n) is 6.21. The minimum Gasteiger partial charge on any atom is -0.352 e. The zero-order chi connectivity index (χ0) is 23.6. The number of benzene rings is 2. The van der Waals surface area contributed by atoms with Crippen LogP contribution >= 0.6 is 23.4 Å². The number of thioether (sulfide) groups is 1. The lowest BCUT2D eigenvalue weighted by Crippen LogP contribution is -2.52. The molecular formula is C27H35ClN2O2S. The maximum Gasteiger partial charge on any atom is 0.243 e. The topological polar surface area (TPSA) is 49.4 Å². The summed E-state index contributed by atoms with van der Waals surface area (Å²) in [6.07, 6.45) is 6.15. The molecule has 1 N–H and O–H groups in total. The highest BCUT2D eigenvalue weighted by molar-refractivity contribution is 7.99. The summed E-state index contributed by atoms with van der Waals surface area (Å²) >= 11 is 8.00. The Bertz CT molecular complexity index is 930. The van der Waals surface area contributed by atoms with E-state index in [9.17, 15) is 9.59 Å². The second-order valence-electron chi connectivity index (χ2n) is 8.86. The van der Waals surface area contributed by atoms with Crippen molar-refractivity contribution in [1.29, 1.82) is 0 Å². The molecule has 0 aliphatic heterocycles. The lowest BCUT2D eigenvalue weighted by molar-refractivity contribution is -0.139. The monoisotopic (exact) mass is 486 g/mol. The normalized spacial score (nSPS) is 15.1. The minimum absolute atomic E-state index is 0.0294. The van der Waals surface area contributed by atoms with Gasteiger partial charge in [0.25, 0.3) is 0 Å². The maximum absolute atomic E-state index is 13.4. The van der Waals surface area contributed by atoms with E-state index in [2.05, 4.69) is 30.4 Å². The molecule has 33 heavy (non-hydrogen) atoms. The van der Waals surface area contributed by atoms with Crippen molar-refractivity contribution in [3.05, 3.63) is 70.2 Å². The second-order valence-corrected chi connectivity index (χ2v) is 10.3. The number of carbonyl (C=O) groups excluding carboxylic acids is 2. The smallest absolute Gasteiger partial charge is 0.243 e. The molecule has 3 rings (SSSR count). The molecule has 0 aromatic heterocycles. The van der Waals surface area contributed by atoms with Gasteiger partial charge in [-0.1, -0.05) is 85.8 Å². The summed E-state index contributed by atoms with van der Waals surface area (Å²) in [5, 5.41) is 3.84. The maximum atomic E-state index is 13.4. The molecule has 1 saturated carbocycles. The summed E-state index contributed by atoms with van der Waals surface area (Å²) in [6, 6.07) is 15.6. The highest BCUT2D eigenvalue weighted by Crippen LogP contribution is 2.23. The van der Waals surface area contributed by atoms with Crippen molar-refractivity contribution >= 4 is 35.2 Å². The zero-order valence-electron chi connectivity index (χ0n) is 19.7. The summed E-state index contributed by atoms with van der Waals surface area (Å²) in [5.41, 5.74) is 3.28. The molecule has 1 atom stereocenters. The van der Waals surface area contributed by atoms with Crippen LogP contribution in [-0.2, 0) is 21.9 Å². The molecule has 0 saturated heterocycles. The Balaban J connectivity index is 1.71. The highest BCUT2D eigenvalue weighted by atomic mass is 35.5. The van der Waals surface area contributed by atoms with E-state index in [0.717, 1.165) is 37.0 Å². The van der Waals surface area contributed by atoms with Gasteiger partial charge in [-0.2, -0.15) is 0 Å². The van der Waals surface area contributed by atoms with Crippen molar-refractivity contribution in [2.24, 2.45) is 0 Å². The quantitative estimate of drug-likeness (QED) is 0.439. The van der Waals surface area contributed by atoms with Crippen molar-refractivity contribution in [2.75, 3.05) is 5.75 Å². The lowest BCUT2D eigenvalue weighted by atomic mass is 9.95. The van der Waals surface area contributed by atoms with E-state index >= 15 is 0 Å². The molecule has 0 heterocycles. The molecule has 0 radical (unpaired) electrons. The molecule has 2 aromatic carbocycles. The standard InChI is InChI=1S/C27H35ClN2O2S/c1-3-25(27(32)29-23-13-5-4-6-14-23)30(17-22-12-7-8-15-24(22)28)26(31)19-33-18-21-11-9-10-20(2)16-21/h7-12,15-16,23,25H,3-6,13-14,17-19H2,1-2H3,(H,29,32)/t25-/m1/s1. The Morgan fingerprint density at radius 3 is 2.58 bits per heavy atom. The van der Waals surface area contributed by atoms with Gasteiger partial charge in [0.1, 0.15) is 6.04 Å². The van der Waals surface area contributed by atoms with Gasteiger partial charge in [0, 0.05) is 23.4 Å². The van der Waals surface area contributed by atoms with E-state index in [1.165, 1.54) is 17.5 Å². The van der Waals surface area contributed by atoms with E-state index in [1.54, 1.807) is 16.7 Å². The predicted molar refractivity (Wildman–Crippen MR) is 138 cm³/mol. The molecule has 2 aromatic rings. The summed E-state index contributed by atoms with van der Waals surface area (Å²) < 4.78 is 0. The molecule has 6 heteroatoms. The van der Waals surface area contributed by atoms with Gasteiger partial charge in [-0.3, -0.25) is 9.59 Å². The van der Waals surface area contributed by atoms with Crippen molar-refractivity contribution in [3.8, 4) is 0 Å². The molecule has 1 fully saturated rings. The summed E-state index contributed by atoms with van der Waals surface area (Å²) in [6.45, 7) is 4.37. The second kappa shape index (κ2) is 13.0. The highest BCUT2D eigenvalue weighted by Gasteiger charge is 2.30. The van der Waals surface area contributed by atoms with E-state index in [-0.39, 0.29) is 17.9 Å². The Hall–Kier alpha value is -1.98. The van der Waals surface area contributed by atoms with Gasteiger partial charge in [0.05, 0.1) is 5.75 Å². The fourth-order valence-corrected chi connectivity index (χ4v) is 5.47. The third kappa shape index (κ3) is 7.79. The van der Waals surface area contributed by atoms with Crippen LogP contribution in [0.2, 0.25) is 5.02 Å². The van der Waals surface area contributed by atoms with E-state index < -0.39 is 6.04 Å². The number of carbonyl (C=O) groups is 2. The van der Waals surface area contributed by atoms with E-state index in [4.69, 9.17) is 11.6 Å². The number of halogens is 1. The lowest BCUT2D eigenvalue weighted by Gasteiger charge is -2.33. The Kier molecular flexibility index (Phi) is 10.1. The number of nitrogens with zero attached hydrogens (tertiary/aromatic N) is 1. The van der Waals surface area contributed by atoms with Crippen LogP contribution in [0.5, 0.6) is 0 Å². The first-order chi connectivity index (χ1) is 16.0. The molecule has 2 amide bonds. The van der Waals surface area contributed by atoms with Gasteiger partial charge in [-0.15, -0.1) is 11.8 Å². The first kappa shape index (κ1) is 25.6. The number of amides is 2. The first-order valence-corrected chi connectivity index (χ1v) is 13.5. The fraction of sp³-hybridized carbons (Fsp3) is 0.481. The Labute approximate surface area is 207 Å². The summed E-state index contributed by atoms with van der Waals surface area (Å²) in [4.78, 5) is 28.4. The Morgan fingerprint density at radius 2 is 1.88 bits per heavy atom. The van der Waals surface area contributed by atoms with Crippen LogP contribution in [0, 0.1) is 6.92 Å². The molecule has 0 spiro atoms. The molecule has 0 bridgehead atoms. The van der Waals surface area contributed by atoms with E-state index in [1.807, 2.05) is 37.3 Å². The van der Waals surface area contributed by atoms with Crippen molar-refractivity contribution < 1.29 is 9.59 Å². The number of rotatable bonds is 10. The Morgan fingerprint density at radius 1 is 1.12 bits per heavy atom. The van der Waals surface area contributed by atoms with Gasteiger partial charge in [0.2, 0.25) is 11.8 Å². The van der Waals surface area contributed by atoms with Gasteiger partial charge in [-0.05, 0) is 43.4 Å². The van der Waals surface area contributed by atoms with Crippen molar-refractivity contribution in [1.82, 2.24) is 10.2 Å².